The number of benzene rings is 3. The predicted octanol–water partition coefficient (Wildman–Crippen LogP) is 11.4. The summed E-state index contributed by atoms with van der Waals surface area (Å²) in [5.41, 5.74) is -2.27. The van der Waals surface area contributed by atoms with Gasteiger partial charge in [-0.25, -0.2) is 18.8 Å². The van der Waals surface area contributed by atoms with Crippen LogP contribution in [0.25, 0.3) is 0 Å². The number of rotatable bonds is 16. The van der Waals surface area contributed by atoms with Gasteiger partial charge in [-0.1, -0.05) is 82.3 Å². The van der Waals surface area contributed by atoms with Crippen LogP contribution in [0.1, 0.15) is 103 Å². The van der Waals surface area contributed by atoms with Crippen molar-refractivity contribution in [1.29, 1.82) is 0 Å². The molecular weight excluding hydrogens is 756 g/mol. The van der Waals surface area contributed by atoms with Gasteiger partial charge < -0.3 is 23.4 Å². The highest BCUT2D eigenvalue weighted by molar-refractivity contribution is 6.74. The molecule has 1 unspecified atom stereocenters. The summed E-state index contributed by atoms with van der Waals surface area (Å²) in [4.78, 5) is 46.1. The fourth-order valence-corrected chi connectivity index (χ4v) is 6.89. The molecule has 0 N–H and O–H groups in total. The number of carbonyl (C=O) groups excluding carboxylic acids is 3. The highest BCUT2D eigenvalue weighted by atomic mass is 28.4. The first kappa shape index (κ1) is 47.8. The first-order valence-electron chi connectivity index (χ1n) is 19.9. The second-order valence-corrected chi connectivity index (χ2v) is 22.8. The lowest BCUT2D eigenvalue weighted by Gasteiger charge is -2.40. The van der Waals surface area contributed by atoms with Crippen LogP contribution in [-0.2, 0) is 26.9 Å². The molecule has 3 aromatic rings. The molecular formula is C46H65FN2O8Si. The zero-order valence-corrected chi connectivity index (χ0v) is 37.9. The van der Waals surface area contributed by atoms with Gasteiger partial charge in [-0.2, -0.15) is 4.90 Å². The number of carbonyl (C=O) groups is 3. The van der Waals surface area contributed by atoms with E-state index in [9.17, 15) is 14.4 Å². The summed E-state index contributed by atoms with van der Waals surface area (Å²) in [5.74, 6) is -1.83. The van der Waals surface area contributed by atoms with Crippen LogP contribution in [-0.4, -0.2) is 68.3 Å². The summed E-state index contributed by atoms with van der Waals surface area (Å²) in [5, 5.41) is -0.123. The molecule has 0 heterocycles. The van der Waals surface area contributed by atoms with E-state index < -0.39 is 49.5 Å². The summed E-state index contributed by atoms with van der Waals surface area (Å²) in [7, 11) is -2.34. The third-order valence-electron chi connectivity index (χ3n) is 9.73. The molecule has 0 aliphatic heterocycles. The Morgan fingerprint density at radius 2 is 1.40 bits per heavy atom. The molecule has 58 heavy (non-hydrogen) atoms. The molecule has 0 spiro atoms. The van der Waals surface area contributed by atoms with Gasteiger partial charge >= 0.3 is 18.2 Å². The Labute approximate surface area is 346 Å². The third-order valence-corrected chi connectivity index (χ3v) is 14.2. The van der Waals surface area contributed by atoms with Crippen molar-refractivity contribution < 1.29 is 42.1 Å². The number of hydrogen-bond donors (Lipinski definition) is 0. The van der Waals surface area contributed by atoms with Crippen molar-refractivity contribution in [2.45, 2.75) is 131 Å². The van der Waals surface area contributed by atoms with Gasteiger partial charge in [0.05, 0.1) is 0 Å². The lowest BCUT2D eigenvalue weighted by atomic mass is 9.94. The molecule has 0 bridgehead atoms. The number of halogens is 1. The molecule has 1 atom stereocenters. The van der Waals surface area contributed by atoms with Crippen LogP contribution in [0.5, 0.6) is 11.5 Å². The number of nitrogens with zero attached hydrogens (tertiary/aromatic N) is 2. The number of anilines is 1. The van der Waals surface area contributed by atoms with Crippen molar-refractivity contribution in [3.63, 3.8) is 0 Å². The Morgan fingerprint density at radius 1 is 0.862 bits per heavy atom. The number of ether oxygens (including phenoxy) is 4. The van der Waals surface area contributed by atoms with Crippen LogP contribution in [0.2, 0.25) is 18.1 Å². The van der Waals surface area contributed by atoms with E-state index in [1.54, 1.807) is 78.0 Å². The number of imide groups is 1. The topological polar surface area (TPSA) is 104 Å². The molecule has 3 aromatic carbocycles. The Balaban J connectivity index is 2.53. The zero-order valence-electron chi connectivity index (χ0n) is 36.9. The van der Waals surface area contributed by atoms with E-state index in [0.29, 0.717) is 23.6 Å². The minimum atomic E-state index is -2.34. The van der Waals surface area contributed by atoms with Gasteiger partial charge in [-0.05, 0) is 104 Å². The first-order chi connectivity index (χ1) is 26.9. The van der Waals surface area contributed by atoms with Crippen LogP contribution in [0.4, 0.5) is 19.7 Å². The molecule has 0 radical (unpaired) electrons. The second-order valence-electron chi connectivity index (χ2n) is 18.0. The molecule has 0 saturated heterocycles. The molecule has 318 valence electrons. The van der Waals surface area contributed by atoms with Gasteiger partial charge in [0.1, 0.15) is 40.6 Å². The Morgan fingerprint density at radius 3 is 1.88 bits per heavy atom. The number of esters is 1. The molecule has 0 fully saturated rings. The maximum Gasteiger partial charge on any atom is 0.424 e. The molecule has 0 aliphatic rings. The molecule has 3 rings (SSSR count). The molecule has 10 nitrogen and oxygen atoms in total. The Kier molecular flexibility index (Phi) is 16.5. The van der Waals surface area contributed by atoms with Gasteiger partial charge in [0.25, 0.3) is 0 Å². The third kappa shape index (κ3) is 13.3. The van der Waals surface area contributed by atoms with E-state index in [0.717, 1.165) is 6.42 Å². The average Bonchev–Trinajstić information content (AvgIpc) is 3.10. The van der Waals surface area contributed by atoms with E-state index in [2.05, 4.69) is 45.3 Å². The van der Waals surface area contributed by atoms with Crippen molar-refractivity contribution in [2.75, 3.05) is 24.6 Å². The SMILES string of the molecule is C=CCN(CCC)C(CO[Si](C)(C)C(C)(C)C)Cc1c(F)c(C)c(C(=O)Oc2ccccc2)c(OCc2ccccc2)c1N(C(=O)OC(C)(C)C)C(=O)OC(C)(C)C. The standard InChI is InChI=1S/C46H65FN2O8Si/c1-15-27-48(28-16-2)34(31-54-58(13,14)46(10,11)12)29-36-38(47)32(3)37(41(50)55-35-25-21-18-22-26-35)40(53-30-33-23-19-17-20-24-33)39(36)49(42(51)56-44(4,5)6)43(52)57-45(7,8)9/h15,17-26,34H,1,16,27-31H2,2-14H3. The highest BCUT2D eigenvalue weighted by Gasteiger charge is 2.42. The predicted molar refractivity (Wildman–Crippen MR) is 231 cm³/mol. The van der Waals surface area contributed by atoms with Gasteiger partial charge in [-0.15, -0.1) is 6.58 Å². The molecule has 2 amide bonds. The lowest BCUT2D eigenvalue weighted by Crippen LogP contribution is -2.48. The van der Waals surface area contributed by atoms with Gasteiger partial charge in [0.15, 0.2) is 14.1 Å². The van der Waals surface area contributed by atoms with Gasteiger partial charge in [0, 0.05) is 30.3 Å². The Bertz CT molecular complexity index is 1840. The van der Waals surface area contributed by atoms with Gasteiger partial charge in [0.2, 0.25) is 0 Å². The lowest BCUT2D eigenvalue weighted by molar-refractivity contribution is 0.0426. The monoisotopic (exact) mass is 820 g/mol. The largest absolute Gasteiger partial charge is 0.486 e. The number of amides is 2. The molecule has 12 heteroatoms. The second kappa shape index (κ2) is 20.0. The van der Waals surface area contributed by atoms with Crippen LogP contribution in [0.15, 0.2) is 73.3 Å². The van der Waals surface area contributed by atoms with Gasteiger partial charge in [-0.3, -0.25) is 4.90 Å². The normalized spacial score (nSPS) is 12.8. The minimum absolute atomic E-state index is 0.0671. The van der Waals surface area contributed by atoms with E-state index in [1.807, 2.05) is 37.3 Å². The zero-order chi connectivity index (χ0) is 43.6. The fraction of sp³-hybridized carbons (Fsp3) is 0.500. The maximum atomic E-state index is 17.7. The van der Waals surface area contributed by atoms with E-state index in [4.69, 9.17) is 23.4 Å². The van der Waals surface area contributed by atoms with Crippen molar-refractivity contribution >= 4 is 32.2 Å². The summed E-state index contributed by atoms with van der Waals surface area (Å²) < 4.78 is 48.6. The van der Waals surface area contributed by atoms with E-state index >= 15 is 4.39 Å². The van der Waals surface area contributed by atoms with Crippen LogP contribution in [0, 0.1) is 12.7 Å². The number of hydrogen-bond acceptors (Lipinski definition) is 9. The van der Waals surface area contributed by atoms with Crippen molar-refractivity contribution in [2.24, 2.45) is 0 Å². The average molecular weight is 821 g/mol. The summed E-state index contributed by atoms with van der Waals surface area (Å²) in [6.07, 6.45) is 0.189. The minimum Gasteiger partial charge on any atom is -0.486 e. The molecule has 0 saturated carbocycles. The Hall–Kier alpha value is -4.52. The number of para-hydroxylation sites is 1. The summed E-state index contributed by atoms with van der Waals surface area (Å²) >= 11 is 0. The quantitative estimate of drug-likeness (QED) is 0.0604. The van der Waals surface area contributed by atoms with Crippen LogP contribution >= 0.6 is 0 Å². The summed E-state index contributed by atoms with van der Waals surface area (Å²) in [6.45, 7) is 29.3. The molecule has 0 aliphatic carbocycles. The van der Waals surface area contributed by atoms with E-state index in [-0.39, 0.29) is 58.5 Å². The first-order valence-corrected chi connectivity index (χ1v) is 22.8. The summed E-state index contributed by atoms with van der Waals surface area (Å²) in [6, 6.07) is 17.0. The fourth-order valence-electron chi connectivity index (χ4n) is 5.85. The van der Waals surface area contributed by atoms with E-state index in [1.165, 1.54) is 6.92 Å². The smallest absolute Gasteiger partial charge is 0.424 e. The van der Waals surface area contributed by atoms with Crippen LogP contribution < -0.4 is 14.4 Å². The van der Waals surface area contributed by atoms with Crippen LogP contribution in [0.3, 0.4) is 0 Å². The van der Waals surface area contributed by atoms with Crippen molar-refractivity contribution in [3.05, 3.63) is 101 Å². The maximum absolute atomic E-state index is 17.7. The van der Waals surface area contributed by atoms with Crippen molar-refractivity contribution in [3.8, 4) is 11.5 Å². The van der Waals surface area contributed by atoms with Crippen molar-refractivity contribution in [1.82, 2.24) is 4.90 Å². The molecule has 0 aromatic heterocycles. The highest BCUT2D eigenvalue weighted by Crippen LogP contribution is 2.44.